The number of pyridine rings is 1. The monoisotopic (exact) mass is 362 g/mol. The van der Waals surface area contributed by atoms with Crippen LogP contribution in [0.15, 0.2) is 42.6 Å². The van der Waals surface area contributed by atoms with Crippen molar-refractivity contribution in [1.82, 2.24) is 20.1 Å². The van der Waals surface area contributed by atoms with Crippen LogP contribution in [0.5, 0.6) is 0 Å². The number of hydrogen-bond acceptors (Lipinski definition) is 3. The van der Waals surface area contributed by atoms with Crippen molar-refractivity contribution in [1.29, 1.82) is 0 Å². The van der Waals surface area contributed by atoms with Crippen LogP contribution in [0.1, 0.15) is 73.1 Å². The zero-order valence-corrected chi connectivity index (χ0v) is 16.1. The Bertz CT molecular complexity index is 957. The standard InChI is InChI=1S/C22H26N4O/c1-14(2)26-21-19(13-24-26)18(11-20(25-21)17-9-10-17)22(27)23-12-15(3)16-7-5-4-6-8-16/h4-8,11,13-15,17H,9-10,12H2,1-3H3,(H,23,27). The number of hydrogen-bond donors (Lipinski definition) is 1. The van der Waals surface area contributed by atoms with Crippen molar-refractivity contribution in [2.24, 2.45) is 0 Å². The molecule has 4 rings (SSSR count). The molecule has 1 fully saturated rings. The summed E-state index contributed by atoms with van der Waals surface area (Å²) in [5.41, 5.74) is 3.75. The maximum Gasteiger partial charge on any atom is 0.252 e. The molecule has 2 aromatic heterocycles. The highest BCUT2D eigenvalue weighted by Gasteiger charge is 2.28. The van der Waals surface area contributed by atoms with Gasteiger partial charge in [0.15, 0.2) is 5.65 Å². The second-order valence-corrected chi connectivity index (χ2v) is 7.81. The van der Waals surface area contributed by atoms with Crippen molar-refractivity contribution in [3.63, 3.8) is 0 Å². The summed E-state index contributed by atoms with van der Waals surface area (Å²) in [7, 11) is 0. The van der Waals surface area contributed by atoms with Crippen molar-refractivity contribution in [3.05, 3.63) is 59.4 Å². The third-order valence-electron chi connectivity index (χ3n) is 5.25. The SMILES string of the molecule is CC(CNC(=O)c1cc(C2CC2)nc2c1cnn2C(C)C)c1ccccc1. The van der Waals surface area contributed by atoms with E-state index in [1.807, 2.05) is 28.9 Å². The number of nitrogens with zero attached hydrogens (tertiary/aromatic N) is 3. The molecule has 1 aliphatic carbocycles. The maximum atomic E-state index is 13.0. The zero-order chi connectivity index (χ0) is 19.0. The molecule has 0 radical (unpaired) electrons. The van der Waals surface area contributed by atoms with E-state index in [0.717, 1.165) is 29.6 Å². The molecule has 1 saturated carbocycles. The molecule has 27 heavy (non-hydrogen) atoms. The number of amides is 1. The molecule has 5 nitrogen and oxygen atoms in total. The molecule has 5 heteroatoms. The van der Waals surface area contributed by atoms with Crippen molar-refractivity contribution < 1.29 is 4.79 Å². The molecule has 1 unspecified atom stereocenters. The van der Waals surface area contributed by atoms with Gasteiger partial charge in [-0.3, -0.25) is 4.79 Å². The van der Waals surface area contributed by atoms with Gasteiger partial charge in [-0.1, -0.05) is 37.3 Å². The number of fused-ring (bicyclic) bond motifs is 1. The first kappa shape index (κ1) is 17.7. The van der Waals surface area contributed by atoms with Gasteiger partial charge in [0.2, 0.25) is 0 Å². The minimum Gasteiger partial charge on any atom is -0.351 e. The summed E-state index contributed by atoms with van der Waals surface area (Å²) >= 11 is 0. The number of benzene rings is 1. The first-order chi connectivity index (χ1) is 13.0. The van der Waals surface area contributed by atoms with Gasteiger partial charge >= 0.3 is 0 Å². The van der Waals surface area contributed by atoms with Gasteiger partial charge in [-0.05, 0) is 44.2 Å². The highest BCUT2D eigenvalue weighted by molar-refractivity contribution is 6.05. The van der Waals surface area contributed by atoms with Crippen LogP contribution in [-0.2, 0) is 0 Å². The number of rotatable bonds is 6. The first-order valence-corrected chi connectivity index (χ1v) is 9.76. The normalized spacial score (nSPS) is 15.3. The molecule has 0 spiro atoms. The Morgan fingerprint density at radius 3 is 2.63 bits per heavy atom. The van der Waals surface area contributed by atoms with E-state index in [1.54, 1.807) is 6.20 Å². The molecule has 1 amide bonds. The molecule has 0 saturated heterocycles. The molecule has 1 aliphatic rings. The van der Waals surface area contributed by atoms with Gasteiger partial charge in [0, 0.05) is 24.2 Å². The molecule has 0 bridgehead atoms. The lowest BCUT2D eigenvalue weighted by Crippen LogP contribution is -2.28. The van der Waals surface area contributed by atoms with Crippen molar-refractivity contribution in [2.45, 2.75) is 51.5 Å². The van der Waals surface area contributed by atoms with E-state index in [9.17, 15) is 4.79 Å². The smallest absolute Gasteiger partial charge is 0.252 e. The summed E-state index contributed by atoms with van der Waals surface area (Å²) < 4.78 is 1.91. The average Bonchev–Trinajstić information content (AvgIpc) is 3.44. The minimum atomic E-state index is -0.0459. The molecular weight excluding hydrogens is 336 g/mol. The number of carbonyl (C=O) groups excluding carboxylic acids is 1. The van der Waals surface area contributed by atoms with Gasteiger partial charge in [-0.2, -0.15) is 5.10 Å². The van der Waals surface area contributed by atoms with Crippen LogP contribution in [-0.4, -0.2) is 27.2 Å². The molecule has 1 atom stereocenters. The van der Waals surface area contributed by atoms with E-state index in [0.29, 0.717) is 18.0 Å². The van der Waals surface area contributed by atoms with Crippen molar-refractivity contribution in [3.8, 4) is 0 Å². The maximum absolute atomic E-state index is 13.0. The summed E-state index contributed by atoms with van der Waals surface area (Å²) in [6, 6.07) is 12.4. The van der Waals surface area contributed by atoms with E-state index < -0.39 is 0 Å². The number of aromatic nitrogens is 3. The zero-order valence-electron chi connectivity index (χ0n) is 16.1. The molecule has 1 aromatic carbocycles. The summed E-state index contributed by atoms with van der Waals surface area (Å²) in [5, 5.41) is 8.42. The van der Waals surface area contributed by atoms with Gasteiger partial charge in [0.25, 0.3) is 5.91 Å². The Kier molecular flexibility index (Phi) is 4.68. The summed E-state index contributed by atoms with van der Waals surface area (Å²) in [5.74, 6) is 0.698. The first-order valence-electron chi connectivity index (χ1n) is 9.76. The van der Waals surface area contributed by atoms with Crippen LogP contribution in [0.25, 0.3) is 11.0 Å². The molecule has 0 aliphatic heterocycles. The van der Waals surface area contributed by atoms with Crippen molar-refractivity contribution in [2.75, 3.05) is 6.54 Å². The number of carbonyl (C=O) groups is 1. The van der Waals surface area contributed by atoms with Crippen molar-refractivity contribution >= 4 is 16.9 Å². The van der Waals surface area contributed by atoms with Gasteiger partial charge < -0.3 is 5.32 Å². The van der Waals surface area contributed by atoms with Crippen LogP contribution >= 0.6 is 0 Å². The molecule has 140 valence electrons. The highest BCUT2D eigenvalue weighted by atomic mass is 16.1. The minimum absolute atomic E-state index is 0.0459. The van der Waals surface area contributed by atoms with E-state index in [1.165, 1.54) is 5.56 Å². The lowest BCUT2D eigenvalue weighted by molar-refractivity contribution is 0.0953. The third-order valence-corrected chi connectivity index (χ3v) is 5.25. The second kappa shape index (κ2) is 7.14. The fourth-order valence-electron chi connectivity index (χ4n) is 3.43. The highest BCUT2D eigenvalue weighted by Crippen LogP contribution is 2.40. The van der Waals surface area contributed by atoms with Gasteiger partial charge in [-0.25, -0.2) is 9.67 Å². The third kappa shape index (κ3) is 3.59. The predicted octanol–water partition coefficient (Wildman–Crippen LogP) is 4.42. The van der Waals surface area contributed by atoms with Crippen LogP contribution in [0.3, 0.4) is 0 Å². The predicted molar refractivity (Wildman–Crippen MR) is 107 cm³/mol. The Morgan fingerprint density at radius 2 is 1.96 bits per heavy atom. The number of nitrogens with one attached hydrogen (secondary N) is 1. The average molecular weight is 362 g/mol. The lowest BCUT2D eigenvalue weighted by Gasteiger charge is -2.14. The summed E-state index contributed by atoms with van der Waals surface area (Å²) in [6.07, 6.45) is 4.08. The quantitative estimate of drug-likeness (QED) is 0.706. The largest absolute Gasteiger partial charge is 0.351 e. The fourth-order valence-corrected chi connectivity index (χ4v) is 3.43. The van der Waals surface area contributed by atoms with Gasteiger partial charge in [0.1, 0.15) is 0 Å². The van der Waals surface area contributed by atoms with E-state index in [4.69, 9.17) is 4.98 Å². The van der Waals surface area contributed by atoms with Crippen LogP contribution in [0, 0.1) is 0 Å². The van der Waals surface area contributed by atoms with E-state index in [2.05, 4.69) is 43.3 Å². The Hall–Kier alpha value is -2.69. The Morgan fingerprint density at radius 1 is 1.22 bits per heavy atom. The Balaban J connectivity index is 1.61. The molecule has 1 N–H and O–H groups in total. The van der Waals surface area contributed by atoms with E-state index in [-0.39, 0.29) is 17.9 Å². The van der Waals surface area contributed by atoms with E-state index >= 15 is 0 Å². The fraction of sp³-hybridized carbons (Fsp3) is 0.409. The molecular formula is C22H26N4O. The van der Waals surface area contributed by atoms with Gasteiger partial charge in [0.05, 0.1) is 17.1 Å². The van der Waals surface area contributed by atoms with Gasteiger partial charge in [-0.15, -0.1) is 0 Å². The second-order valence-electron chi connectivity index (χ2n) is 7.81. The van der Waals surface area contributed by atoms with Crippen LogP contribution in [0.4, 0.5) is 0 Å². The molecule has 2 heterocycles. The lowest BCUT2D eigenvalue weighted by atomic mass is 10.0. The summed E-state index contributed by atoms with van der Waals surface area (Å²) in [4.78, 5) is 17.8. The Labute approximate surface area is 159 Å². The topological polar surface area (TPSA) is 59.8 Å². The molecule has 3 aromatic rings. The summed E-state index contributed by atoms with van der Waals surface area (Å²) in [6.45, 7) is 6.90. The van der Waals surface area contributed by atoms with Crippen LogP contribution in [0.2, 0.25) is 0 Å². The van der Waals surface area contributed by atoms with Crippen LogP contribution < -0.4 is 5.32 Å².